The first-order valence-corrected chi connectivity index (χ1v) is 9.68. The molecule has 0 spiro atoms. The van der Waals surface area contributed by atoms with Crippen LogP contribution in [0.15, 0.2) is 6.07 Å². The van der Waals surface area contributed by atoms with Crippen LogP contribution in [0.4, 0.5) is 0 Å². The van der Waals surface area contributed by atoms with Crippen LogP contribution in [0.1, 0.15) is 75.0 Å². The standard InChI is InChI=1S/C19H30N4O2/c1-13(2)20-19(25)17-11-16-10-15(12-23(16)22-17)21-18(24)9-8-14-6-4-3-5-7-14/h11,13-15H,3-10,12H2,1-2H3,(H,20,25)(H,21,24)/t15-/m0/s1. The molecule has 138 valence electrons. The molecule has 0 bridgehead atoms. The number of fused-ring (bicyclic) bond motifs is 1. The second-order valence-corrected chi connectivity index (χ2v) is 7.84. The van der Waals surface area contributed by atoms with E-state index in [4.69, 9.17) is 0 Å². The highest BCUT2D eigenvalue weighted by atomic mass is 16.2. The van der Waals surface area contributed by atoms with Crippen LogP contribution in [0.5, 0.6) is 0 Å². The Hall–Kier alpha value is -1.85. The van der Waals surface area contributed by atoms with Gasteiger partial charge in [-0.25, -0.2) is 0 Å². The number of amides is 2. The molecule has 1 aliphatic heterocycles. The molecule has 6 nitrogen and oxygen atoms in total. The van der Waals surface area contributed by atoms with Crippen molar-refractivity contribution in [1.82, 2.24) is 20.4 Å². The third-order valence-electron chi connectivity index (χ3n) is 5.23. The monoisotopic (exact) mass is 346 g/mol. The molecular weight excluding hydrogens is 316 g/mol. The molecule has 2 N–H and O–H groups in total. The van der Waals surface area contributed by atoms with Crippen molar-refractivity contribution in [3.63, 3.8) is 0 Å². The fraction of sp³-hybridized carbons (Fsp3) is 0.737. The molecule has 1 aromatic rings. The maximum Gasteiger partial charge on any atom is 0.271 e. The summed E-state index contributed by atoms with van der Waals surface area (Å²) in [6.45, 7) is 4.51. The maximum atomic E-state index is 12.2. The molecule has 2 aliphatic rings. The smallest absolute Gasteiger partial charge is 0.271 e. The summed E-state index contributed by atoms with van der Waals surface area (Å²) in [5.74, 6) is 0.754. The molecule has 0 radical (unpaired) electrons. The van der Waals surface area contributed by atoms with E-state index < -0.39 is 0 Å². The molecular formula is C19H30N4O2. The van der Waals surface area contributed by atoms with Gasteiger partial charge in [0.05, 0.1) is 12.6 Å². The zero-order chi connectivity index (χ0) is 17.8. The molecule has 1 fully saturated rings. The Labute approximate surface area is 149 Å². The van der Waals surface area contributed by atoms with Crippen molar-refractivity contribution in [3.05, 3.63) is 17.5 Å². The summed E-state index contributed by atoms with van der Waals surface area (Å²) in [4.78, 5) is 24.2. The number of nitrogens with one attached hydrogen (secondary N) is 2. The summed E-state index contributed by atoms with van der Waals surface area (Å²) in [5.41, 5.74) is 1.48. The van der Waals surface area contributed by atoms with Crippen molar-refractivity contribution in [2.75, 3.05) is 0 Å². The van der Waals surface area contributed by atoms with E-state index in [1.54, 1.807) is 0 Å². The van der Waals surface area contributed by atoms with Gasteiger partial charge in [0.2, 0.25) is 5.91 Å². The quantitative estimate of drug-likeness (QED) is 0.830. The van der Waals surface area contributed by atoms with Crippen LogP contribution in [0, 0.1) is 5.92 Å². The molecule has 1 saturated carbocycles. The van der Waals surface area contributed by atoms with Crippen LogP contribution in [0.3, 0.4) is 0 Å². The van der Waals surface area contributed by atoms with Crippen LogP contribution >= 0.6 is 0 Å². The average molecular weight is 346 g/mol. The molecule has 0 saturated heterocycles. The Morgan fingerprint density at radius 2 is 2.04 bits per heavy atom. The fourth-order valence-electron chi connectivity index (χ4n) is 3.96. The van der Waals surface area contributed by atoms with Crippen molar-refractivity contribution in [2.45, 2.75) is 83.8 Å². The summed E-state index contributed by atoms with van der Waals surface area (Å²) < 4.78 is 1.85. The first-order chi connectivity index (χ1) is 12.0. The van der Waals surface area contributed by atoms with Gasteiger partial charge in [0.15, 0.2) is 0 Å². The summed E-state index contributed by atoms with van der Waals surface area (Å²) in [6.07, 6.45) is 8.96. The average Bonchev–Trinajstić information content (AvgIpc) is 3.11. The van der Waals surface area contributed by atoms with Crippen molar-refractivity contribution in [1.29, 1.82) is 0 Å². The van der Waals surface area contributed by atoms with Crippen molar-refractivity contribution in [3.8, 4) is 0 Å². The lowest BCUT2D eigenvalue weighted by Crippen LogP contribution is -2.36. The predicted octanol–water partition coefficient (Wildman–Crippen LogP) is 2.42. The van der Waals surface area contributed by atoms with Gasteiger partial charge in [-0.05, 0) is 32.3 Å². The number of carbonyl (C=O) groups excluding carboxylic acids is 2. The van der Waals surface area contributed by atoms with Crippen LogP contribution in [0.2, 0.25) is 0 Å². The Kier molecular flexibility index (Phi) is 5.76. The molecule has 3 rings (SSSR count). The molecule has 0 aromatic carbocycles. The summed E-state index contributed by atoms with van der Waals surface area (Å²) in [5, 5.41) is 10.4. The summed E-state index contributed by atoms with van der Waals surface area (Å²) >= 11 is 0. The number of hydrogen-bond donors (Lipinski definition) is 2. The van der Waals surface area contributed by atoms with Crippen LogP contribution in [0.25, 0.3) is 0 Å². The predicted molar refractivity (Wildman–Crippen MR) is 96.3 cm³/mol. The van der Waals surface area contributed by atoms with Crippen LogP contribution in [-0.2, 0) is 17.8 Å². The molecule has 6 heteroatoms. The molecule has 1 aliphatic carbocycles. The maximum absolute atomic E-state index is 12.2. The summed E-state index contributed by atoms with van der Waals surface area (Å²) in [6, 6.07) is 2.04. The third-order valence-corrected chi connectivity index (χ3v) is 5.23. The van der Waals surface area contributed by atoms with Gasteiger partial charge >= 0.3 is 0 Å². The topological polar surface area (TPSA) is 76.0 Å². The number of hydrogen-bond acceptors (Lipinski definition) is 3. The second kappa shape index (κ2) is 8.02. The minimum Gasteiger partial charge on any atom is -0.351 e. The highest BCUT2D eigenvalue weighted by Crippen LogP contribution is 2.27. The highest BCUT2D eigenvalue weighted by molar-refractivity contribution is 5.92. The summed E-state index contributed by atoms with van der Waals surface area (Å²) in [7, 11) is 0. The van der Waals surface area contributed by atoms with E-state index in [0.717, 1.165) is 24.5 Å². The van der Waals surface area contributed by atoms with Gasteiger partial charge in [0, 0.05) is 24.6 Å². The number of aromatic nitrogens is 2. The second-order valence-electron chi connectivity index (χ2n) is 7.84. The minimum atomic E-state index is -0.134. The van der Waals surface area contributed by atoms with E-state index in [1.165, 1.54) is 32.1 Å². The number of carbonyl (C=O) groups is 2. The van der Waals surface area contributed by atoms with Gasteiger partial charge in [0.25, 0.3) is 5.91 Å². The SMILES string of the molecule is CC(C)NC(=O)c1cc2n(n1)C[C@@H](NC(=O)CCC1CCCCC1)C2. The minimum absolute atomic E-state index is 0.0974. The third kappa shape index (κ3) is 4.83. The zero-order valence-corrected chi connectivity index (χ0v) is 15.4. The van der Waals surface area contributed by atoms with Crippen molar-refractivity contribution < 1.29 is 9.59 Å². The molecule has 0 unspecified atom stereocenters. The van der Waals surface area contributed by atoms with Gasteiger partial charge in [-0.1, -0.05) is 32.1 Å². The Morgan fingerprint density at radius 3 is 2.72 bits per heavy atom. The van der Waals surface area contributed by atoms with Crippen molar-refractivity contribution in [2.24, 2.45) is 5.92 Å². The largest absolute Gasteiger partial charge is 0.351 e. The van der Waals surface area contributed by atoms with Gasteiger partial charge in [-0.3, -0.25) is 14.3 Å². The van der Waals surface area contributed by atoms with Crippen molar-refractivity contribution >= 4 is 11.8 Å². The lowest BCUT2D eigenvalue weighted by Gasteiger charge is -2.21. The van der Waals surface area contributed by atoms with E-state index in [-0.39, 0.29) is 23.9 Å². The van der Waals surface area contributed by atoms with E-state index >= 15 is 0 Å². The molecule has 1 aromatic heterocycles. The molecule has 2 heterocycles. The van der Waals surface area contributed by atoms with E-state index in [0.29, 0.717) is 18.7 Å². The Balaban J connectivity index is 1.43. The number of rotatable bonds is 6. The normalized spacial score (nSPS) is 20.5. The van der Waals surface area contributed by atoms with Gasteiger partial charge < -0.3 is 10.6 Å². The first-order valence-electron chi connectivity index (χ1n) is 9.68. The van der Waals surface area contributed by atoms with E-state index in [2.05, 4.69) is 15.7 Å². The highest BCUT2D eigenvalue weighted by Gasteiger charge is 2.26. The molecule has 1 atom stereocenters. The molecule has 25 heavy (non-hydrogen) atoms. The van der Waals surface area contributed by atoms with Gasteiger partial charge in [0.1, 0.15) is 5.69 Å². The first kappa shape index (κ1) is 18.0. The zero-order valence-electron chi connectivity index (χ0n) is 15.4. The van der Waals surface area contributed by atoms with Gasteiger partial charge in [-0.15, -0.1) is 0 Å². The van der Waals surface area contributed by atoms with E-state index in [9.17, 15) is 9.59 Å². The fourth-order valence-corrected chi connectivity index (χ4v) is 3.96. The molecule has 2 amide bonds. The van der Waals surface area contributed by atoms with E-state index in [1.807, 2.05) is 24.6 Å². The lowest BCUT2D eigenvalue weighted by atomic mass is 9.86. The Morgan fingerprint density at radius 1 is 1.28 bits per heavy atom. The van der Waals surface area contributed by atoms with Crippen LogP contribution < -0.4 is 10.6 Å². The Bertz CT molecular complexity index is 593. The van der Waals surface area contributed by atoms with Gasteiger partial charge in [-0.2, -0.15) is 5.10 Å². The van der Waals surface area contributed by atoms with Crippen LogP contribution in [-0.4, -0.2) is 33.7 Å². The lowest BCUT2D eigenvalue weighted by molar-refractivity contribution is -0.122. The number of nitrogens with zero attached hydrogens (tertiary/aromatic N) is 2.